The Morgan fingerprint density at radius 1 is 1.22 bits per heavy atom. The van der Waals surface area contributed by atoms with Gasteiger partial charge in [0, 0.05) is 13.1 Å². The molecule has 1 aromatic carbocycles. The van der Waals surface area contributed by atoms with E-state index in [9.17, 15) is 14.4 Å². The Labute approximate surface area is 159 Å². The molecule has 1 aromatic rings. The molecule has 4 amide bonds. The SMILES string of the molecule is C[C@H]1CCCN(C(=O)CN2C(=O)N[C@@]3(CCCCc4ccccc43)C2=O)C1. The summed E-state index contributed by atoms with van der Waals surface area (Å²) in [6.07, 6.45) is 5.45. The standard InChI is InChI=1S/C21H27N3O3/c1-15-7-6-12-23(13-15)18(25)14-24-19(26)21(22-20(24)27)11-5-4-9-16-8-2-3-10-17(16)21/h2-3,8,10,15H,4-7,9,11-14H2,1H3,(H,22,27)/t15-,21+/m0/s1. The minimum atomic E-state index is -1.01. The molecule has 0 saturated carbocycles. The third-order valence-corrected chi connectivity index (χ3v) is 6.20. The van der Waals surface area contributed by atoms with E-state index in [1.54, 1.807) is 4.90 Å². The van der Waals surface area contributed by atoms with Gasteiger partial charge in [0.1, 0.15) is 12.1 Å². The van der Waals surface area contributed by atoms with E-state index in [1.807, 2.05) is 24.3 Å². The Balaban J connectivity index is 1.58. The van der Waals surface area contributed by atoms with Gasteiger partial charge in [-0.1, -0.05) is 31.2 Å². The van der Waals surface area contributed by atoms with Crippen LogP contribution in [0.3, 0.4) is 0 Å². The lowest BCUT2D eigenvalue weighted by atomic mass is 9.84. The quantitative estimate of drug-likeness (QED) is 0.814. The predicted molar refractivity (Wildman–Crippen MR) is 101 cm³/mol. The normalized spacial score (nSPS) is 28.1. The summed E-state index contributed by atoms with van der Waals surface area (Å²) in [5.74, 6) is 0.0511. The number of carbonyl (C=O) groups is 3. The van der Waals surface area contributed by atoms with Crippen LogP contribution >= 0.6 is 0 Å². The van der Waals surface area contributed by atoms with Crippen molar-refractivity contribution in [3.8, 4) is 0 Å². The summed E-state index contributed by atoms with van der Waals surface area (Å²) in [5, 5.41) is 2.95. The zero-order chi connectivity index (χ0) is 19.0. The minimum Gasteiger partial charge on any atom is -0.341 e. The van der Waals surface area contributed by atoms with E-state index in [0.29, 0.717) is 25.4 Å². The second-order valence-electron chi connectivity index (χ2n) is 8.18. The van der Waals surface area contributed by atoms with Crippen molar-refractivity contribution in [2.45, 2.75) is 51.0 Å². The molecule has 2 aliphatic heterocycles. The van der Waals surface area contributed by atoms with E-state index in [4.69, 9.17) is 0 Å². The van der Waals surface area contributed by atoms with Crippen molar-refractivity contribution in [2.24, 2.45) is 5.92 Å². The molecule has 0 unspecified atom stereocenters. The first-order chi connectivity index (χ1) is 13.0. The fraction of sp³-hybridized carbons (Fsp3) is 0.571. The molecule has 27 heavy (non-hydrogen) atoms. The van der Waals surface area contributed by atoms with Crippen LogP contribution in [0.5, 0.6) is 0 Å². The molecule has 144 valence electrons. The largest absolute Gasteiger partial charge is 0.341 e. The molecule has 0 aromatic heterocycles. The van der Waals surface area contributed by atoms with Crippen molar-refractivity contribution >= 4 is 17.8 Å². The summed E-state index contributed by atoms with van der Waals surface area (Å²) >= 11 is 0. The molecule has 1 spiro atoms. The number of urea groups is 1. The van der Waals surface area contributed by atoms with E-state index < -0.39 is 11.6 Å². The van der Waals surface area contributed by atoms with Gasteiger partial charge in [-0.2, -0.15) is 0 Å². The van der Waals surface area contributed by atoms with Crippen LogP contribution in [0.25, 0.3) is 0 Å². The Morgan fingerprint density at radius 2 is 2.04 bits per heavy atom. The predicted octanol–water partition coefficient (Wildman–Crippen LogP) is 2.42. The molecule has 1 aliphatic carbocycles. The molecule has 4 rings (SSSR count). The highest BCUT2D eigenvalue weighted by molar-refractivity contribution is 6.09. The molecule has 1 N–H and O–H groups in total. The molecule has 6 nitrogen and oxygen atoms in total. The Hall–Kier alpha value is -2.37. The molecule has 2 atom stereocenters. The number of nitrogens with one attached hydrogen (secondary N) is 1. The average Bonchev–Trinajstić information content (AvgIpc) is 2.81. The molecule has 0 radical (unpaired) electrons. The maximum atomic E-state index is 13.4. The monoisotopic (exact) mass is 369 g/mol. The number of likely N-dealkylation sites (tertiary alicyclic amines) is 1. The number of amides is 4. The molecule has 2 saturated heterocycles. The summed E-state index contributed by atoms with van der Waals surface area (Å²) in [6, 6.07) is 7.41. The molecule has 2 heterocycles. The second-order valence-corrected chi connectivity index (χ2v) is 8.18. The third-order valence-electron chi connectivity index (χ3n) is 6.20. The lowest BCUT2D eigenvalue weighted by molar-refractivity contribution is -0.140. The Morgan fingerprint density at radius 3 is 2.85 bits per heavy atom. The molecule has 2 fully saturated rings. The molecule has 0 bridgehead atoms. The number of imide groups is 1. The summed E-state index contributed by atoms with van der Waals surface area (Å²) in [4.78, 5) is 41.7. The van der Waals surface area contributed by atoms with E-state index in [-0.39, 0.29) is 18.4 Å². The van der Waals surface area contributed by atoms with E-state index in [1.165, 1.54) is 0 Å². The number of nitrogens with zero attached hydrogens (tertiary/aromatic N) is 2. The number of hydrogen-bond acceptors (Lipinski definition) is 3. The van der Waals surface area contributed by atoms with Crippen molar-refractivity contribution in [1.29, 1.82) is 0 Å². The van der Waals surface area contributed by atoms with Gasteiger partial charge in [0.05, 0.1) is 0 Å². The smallest absolute Gasteiger partial charge is 0.325 e. The van der Waals surface area contributed by atoms with Crippen LogP contribution in [0.1, 0.15) is 50.2 Å². The van der Waals surface area contributed by atoms with Gasteiger partial charge in [-0.25, -0.2) is 4.79 Å². The number of hydrogen-bond donors (Lipinski definition) is 1. The first-order valence-electron chi connectivity index (χ1n) is 10.0. The van der Waals surface area contributed by atoms with E-state index >= 15 is 0 Å². The number of carbonyl (C=O) groups excluding carboxylic acids is 3. The molecule has 3 aliphatic rings. The van der Waals surface area contributed by atoms with Gasteiger partial charge in [0.15, 0.2) is 0 Å². The average molecular weight is 369 g/mol. The summed E-state index contributed by atoms with van der Waals surface area (Å²) in [7, 11) is 0. The van der Waals surface area contributed by atoms with Crippen LogP contribution in [0.15, 0.2) is 24.3 Å². The highest BCUT2D eigenvalue weighted by Gasteiger charge is 2.53. The van der Waals surface area contributed by atoms with E-state index in [2.05, 4.69) is 12.2 Å². The number of aryl methyl sites for hydroxylation is 1. The van der Waals surface area contributed by atoms with Crippen LogP contribution in [-0.4, -0.2) is 47.3 Å². The first kappa shape index (κ1) is 18.0. The second kappa shape index (κ2) is 6.98. The van der Waals surface area contributed by atoms with Gasteiger partial charge < -0.3 is 10.2 Å². The number of benzene rings is 1. The topological polar surface area (TPSA) is 69.7 Å². The zero-order valence-corrected chi connectivity index (χ0v) is 15.9. The van der Waals surface area contributed by atoms with Crippen molar-refractivity contribution in [3.63, 3.8) is 0 Å². The Kier molecular flexibility index (Phi) is 4.66. The minimum absolute atomic E-state index is 0.135. The number of piperidine rings is 1. The molecular weight excluding hydrogens is 342 g/mol. The summed E-state index contributed by atoms with van der Waals surface area (Å²) in [5.41, 5.74) is 0.990. The third kappa shape index (κ3) is 3.11. The van der Waals surface area contributed by atoms with Gasteiger partial charge in [0.25, 0.3) is 5.91 Å². The lowest BCUT2D eigenvalue weighted by Crippen LogP contribution is -2.47. The first-order valence-corrected chi connectivity index (χ1v) is 10.0. The highest BCUT2D eigenvalue weighted by atomic mass is 16.2. The summed E-state index contributed by atoms with van der Waals surface area (Å²) < 4.78 is 0. The number of fused-ring (bicyclic) bond motifs is 2. The fourth-order valence-corrected chi connectivity index (χ4v) is 4.77. The van der Waals surface area contributed by atoms with Crippen molar-refractivity contribution in [2.75, 3.05) is 19.6 Å². The zero-order valence-electron chi connectivity index (χ0n) is 15.9. The number of rotatable bonds is 2. The Bertz CT molecular complexity index is 778. The van der Waals surface area contributed by atoms with Crippen LogP contribution in [-0.2, 0) is 21.5 Å². The van der Waals surface area contributed by atoms with Gasteiger partial charge in [0.2, 0.25) is 5.91 Å². The fourth-order valence-electron chi connectivity index (χ4n) is 4.77. The summed E-state index contributed by atoms with van der Waals surface area (Å²) in [6.45, 7) is 3.38. The maximum Gasteiger partial charge on any atom is 0.325 e. The van der Waals surface area contributed by atoms with Gasteiger partial charge in [-0.3, -0.25) is 14.5 Å². The lowest BCUT2D eigenvalue weighted by Gasteiger charge is -2.32. The molecule has 6 heteroatoms. The maximum absolute atomic E-state index is 13.4. The highest BCUT2D eigenvalue weighted by Crippen LogP contribution is 2.39. The van der Waals surface area contributed by atoms with Crippen molar-refractivity contribution < 1.29 is 14.4 Å². The van der Waals surface area contributed by atoms with Crippen LogP contribution in [0.2, 0.25) is 0 Å². The van der Waals surface area contributed by atoms with Crippen LogP contribution < -0.4 is 5.32 Å². The van der Waals surface area contributed by atoms with Crippen LogP contribution in [0, 0.1) is 5.92 Å². The van der Waals surface area contributed by atoms with Crippen molar-refractivity contribution in [1.82, 2.24) is 15.1 Å². The van der Waals surface area contributed by atoms with Crippen LogP contribution in [0.4, 0.5) is 4.79 Å². The van der Waals surface area contributed by atoms with Gasteiger partial charge in [-0.15, -0.1) is 0 Å². The van der Waals surface area contributed by atoms with Gasteiger partial charge in [-0.05, 0) is 55.6 Å². The van der Waals surface area contributed by atoms with Gasteiger partial charge >= 0.3 is 6.03 Å². The van der Waals surface area contributed by atoms with Crippen molar-refractivity contribution in [3.05, 3.63) is 35.4 Å². The molecular formula is C21H27N3O3. The van der Waals surface area contributed by atoms with E-state index in [0.717, 1.165) is 48.1 Å².